The van der Waals surface area contributed by atoms with Gasteiger partial charge in [0, 0.05) is 24.6 Å². The first-order valence-corrected chi connectivity index (χ1v) is 13.3. The van der Waals surface area contributed by atoms with Gasteiger partial charge < -0.3 is 20.3 Å². The number of carbonyl (C=O) groups excluding carboxylic acids is 3. The van der Waals surface area contributed by atoms with E-state index in [-0.39, 0.29) is 24.3 Å². The van der Waals surface area contributed by atoms with Crippen molar-refractivity contribution in [2.75, 3.05) is 6.54 Å². The third-order valence-electron chi connectivity index (χ3n) is 6.22. The van der Waals surface area contributed by atoms with Gasteiger partial charge in [-0.3, -0.25) is 9.59 Å². The molecule has 38 heavy (non-hydrogen) atoms. The van der Waals surface area contributed by atoms with E-state index in [4.69, 9.17) is 11.2 Å². The van der Waals surface area contributed by atoms with Gasteiger partial charge in [0.15, 0.2) is 0 Å². The average Bonchev–Trinajstić information content (AvgIpc) is 3.71. The van der Waals surface area contributed by atoms with E-state index in [1.807, 2.05) is 30.3 Å². The summed E-state index contributed by atoms with van der Waals surface area (Å²) in [6, 6.07) is 14.8. The molecule has 0 spiro atoms. The van der Waals surface area contributed by atoms with Gasteiger partial charge in [0.25, 0.3) is 0 Å². The molecule has 3 rings (SSSR count). The van der Waals surface area contributed by atoms with Crippen LogP contribution in [0, 0.1) is 12.3 Å². The van der Waals surface area contributed by atoms with Gasteiger partial charge in [0.1, 0.15) is 17.7 Å². The maximum atomic E-state index is 14.2. The lowest BCUT2D eigenvalue weighted by Crippen LogP contribution is -2.54. The third kappa shape index (κ3) is 8.37. The summed E-state index contributed by atoms with van der Waals surface area (Å²) < 4.78 is 5.48. The van der Waals surface area contributed by atoms with Gasteiger partial charge in [-0.2, -0.15) is 0 Å². The van der Waals surface area contributed by atoms with E-state index in [0.29, 0.717) is 17.7 Å². The minimum atomic E-state index is -0.913. The fourth-order valence-electron chi connectivity index (χ4n) is 4.24. The SMILES string of the molecule is C#Cc1ccc(C(C(=O)NCCCC)N(C(=O)C(Cc2ccccc2)NC(=O)OC(C)(C)C)C2CC2)cc1. The second-order valence-electron chi connectivity index (χ2n) is 10.7. The van der Waals surface area contributed by atoms with E-state index in [0.717, 1.165) is 31.2 Å². The van der Waals surface area contributed by atoms with Crippen LogP contribution >= 0.6 is 0 Å². The number of amides is 3. The van der Waals surface area contributed by atoms with E-state index in [1.165, 1.54) is 0 Å². The molecule has 3 amide bonds. The van der Waals surface area contributed by atoms with E-state index in [1.54, 1.807) is 49.9 Å². The molecule has 0 radical (unpaired) electrons. The molecule has 2 unspecified atom stereocenters. The number of ether oxygens (including phenoxy) is 1. The van der Waals surface area contributed by atoms with Crippen molar-refractivity contribution >= 4 is 17.9 Å². The van der Waals surface area contributed by atoms with Crippen LogP contribution in [0.5, 0.6) is 0 Å². The molecule has 0 aromatic heterocycles. The average molecular weight is 518 g/mol. The lowest BCUT2D eigenvalue weighted by atomic mass is 9.99. The first-order valence-electron chi connectivity index (χ1n) is 13.3. The number of benzene rings is 2. The molecule has 1 fully saturated rings. The standard InChI is InChI=1S/C31H39N3O4/c1-6-8-20-32-28(35)27(24-16-14-22(7-2)15-17-24)34(25-18-19-25)29(36)26(21-23-12-10-9-11-13-23)33-30(37)38-31(3,4)5/h2,9-17,25-27H,6,8,18-21H2,1,3-5H3,(H,32,35)(H,33,37). The number of alkyl carbamates (subject to hydrolysis) is 1. The minimum absolute atomic E-state index is 0.101. The molecule has 1 saturated carbocycles. The van der Waals surface area contributed by atoms with Crippen LogP contribution in [0.1, 0.15) is 76.1 Å². The quantitative estimate of drug-likeness (QED) is 0.333. The molecule has 0 saturated heterocycles. The van der Waals surface area contributed by atoms with Crippen molar-refractivity contribution in [2.24, 2.45) is 0 Å². The number of carbonyl (C=O) groups is 3. The summed E-state index contributed by atoms with van der Waals surface area (Å²) in [5.41, 5.74) is 1.53. The van der Waals surface area contributed by atoms with Crippen LogP contribution in [0.3, 0.4) is 0 Å². The zero-order valence-corrected chi connectivity index (χ0v) is 22.8. The molecular formula is C31H39N3O4. The van der Waals surface area contributed by atoms with Gasteiger partial charge in [-0.15, -0.1) is 6.42 Å². The highest BCUT2D eigenvalue weighted by Gasteiger charge is 2.44. The predicted octanol–water partition coefficient (Wildman–Crippen LogP) is 4.75. The molecule has 202 valence electrons. The van der Waals surface area contributed by atoms with Crippen LogP contribution in [0.4, 0.5) is 4.79 Å². The molecule has 2 aromatic rings. The number of unbranched alkanes of at least 4 members (excludes halogenated alkanes) is 1. The molecule has 0 bridgehead atoms. The van der Waals surface area contributed by atoms with Crippen LogP contribution in [0.2, 0.25) is 0 Å². The van der Waals surface area contributed by atoms with Crippen LogP contribution < -0.4 is 10.6 Å². The molecule has 0 heterocycles. The molecule has 2 aromatic carbocycles. The van der Waals surface area contributed by atoms with Crippen molar-refractivity contribution in [1.29, 1.82) is 0 Å². The van der Waals surface area contributed by atoms with Gasteiger partial charge in [-0.1, -0.05) is 61.7 Å². The van der Waals surface area contributed by atoms with Crippen molar-refractivity contribution in [3.8, 4) is 12.3 Å². The number of hydrogen-bond acceptors (Lipinski definition) is 4. The van der Waals surface area contributed by atoms with E-state index < -0.39 is 23.8 Å². The molecule has 2 N–H and O–H groups in total. The van der Waals surface area contributed by atoms with Crippen molar-refractivity contribution in [3.05, 3.63) is 71.3 Å². The molecule has 1 aliphatic carbocycles. The highest BCUT2D eigenvalue weighted by Crippen LogP contribution is 2.36. The summed E-state index contributed by atoms with van der Waals surface area (Å²) in [4.78, 5) is 42.3. The summed E-state index contributed by atoms with van der Waals surface area (Å²) in [6.45, 7) is 7.89. The molecule has 2 atom stereocenters. The summed E-state index contributed by atoms with van der Waals surface area (Å²) in [6.07, 6.45) is 8.48. The molecular weight excluding hydrogens is 478 g/mol. The Labute approximate surface area is 226 Å². The Kier molecular flexibility index (Phi) is 9.95. The van der Waals surface area contributed by atoms with E-state index in [2.05, 4.69) is 23.5 Å². The van der Waals surface area contributed by atoms with E-state index >= 15 is 0 Å². The van der Waals surface area contributed by atoms with Crippen molar-refractivity contribution in [1.82, 2.24) is 15.5 Å². The molecule has 7 nitrogen and oxygen atoms in total. The monoisotopic (exact) mass is 517 g/mol. The number of nitrogens with zero attached hydrogens (tertiary/aromatic N) is 1. The fourth-order valence-corrected chi connectivity index (χ4v) is 4.24. The lowest BCUT2D eigenvalue weighted by Gasteiger charge is -2.35. The Morgan fingerprint density at radius 2 is 1.74 bits per heavy atom. The Morgan fingerprint density at radius 3 is 2.29 bits per heavy atom. The Balaban J connectivity index is 1.98. The van der Waals surface area contributed by atoms with Gasteiger partial charge in [0.05, 0.1) is 0 Å². The van der Waals surface area contributed by atoms with Gasteiger partial charge in [-0.25, -0.2) is 4.79 Å². The third-order valence-corrected chi connectivity index (χ3v) is 6.22. The summed E-state index contributed by atoms with van der Waals surface area (Å²) in [5, 5.41) is 5.79. The largest absolute Gasteiger partial charge is 0.444 e. The normalized spacial score (nSPS) is 14.5. The number of rotatable bonds is 11. The maximum absolute atomic E-state index is 14.2. The smallest absolute Gasteiger partial charge is 0.408 e. The molecule has 1 aliphatic rings. The fraction of sp³-hybridized carbons (Fsp3) is 0.452. The Bertz CT molecular complexity index is 1130. The highest BCUT2D eigenvalue weighted by molar-refractivity contribution is 5.92. The van der Waals surface area contributed by atoms with E-state index in [9.17, 15) is 14.4 Å². The molecule has 0 aliphatic heterocycles. The first-order chi connectivity index (χ1) is 18.1. The van der Waals surface area contributed by atoms with Crippen LogP contribution in [0.15, 0.2) is 54.6 Å². The second-order valence-corrected chi connectivity index (χ2v) is 10.7. The zero-order chi connectivity index (χ0) is 27.7. The number of hydrogen-bond donors (Lipinski definition) is 2. The zero-order valence-electron chi connectivity index (χ0n) is 22.8. The topological polar surface area (TPSA) is 87.7 Å². The van der Waals surface area contributed by atoms with Crippen molar-refractivity contribution < 1.29 is 19.1 Å². The minimum Gasteiger partial charge on any atom is -0.444 e. The summed E-state index contributed by atoms with van der Waals surface area (Å²) >= 11 is 0. The lowest BCUT2D eigenvalue weighted by molar-refractivity contribution is -0.143. The summed E-state index contributed by atoms with van der Waals surface area (Å²) in [5.74, 6) is 2.03. The maximum Gasteiger partial charge on any atom is 0.408 e. The highest BCUT2D eigenvalue weighted by atomic mass is 16.6. The van der Waals surface area contributed by atoms with Crippen LogP contribution in [-0.4, -0.2) is 47.0 Å². The first kappa shape index (κ1) is 28.8. The summed E-state index contributed by atoms with van der Waals surface area (Å²) in [7, 11) is 0. The van der Waals surface area contributed by atoms with Crippen molar-refractivity contribution in [2.45, 2.75) is 83.5 Å². The van der Waals surface area contributed by atoms with Gasteiger partial charge >= 0.3 is 6.09 Å². The van der Waals surface area contributed by atoms with Crippen LogP contribution in [-0.2, 0) is 20.7 Å². The number of terminal acetylenes is 1. The Hall–Kier alpha value is -3.79. The number of nitrogens with one attached hydrogen (secondary N) is 2. The molecule has 7 heteroatoms. The Morgan fingerprint density at radius 1 is 1.08 bits per heavy atom. The second kappa shape index (κ2) is 13.1. The van der Waals surface area contributed by atoms with Crippen LogP contribution in [0.25, 0.3) is 0 Å². The van der Waals surface area contributed by atoms with Gasteiger partial charge in [0.2, 0.25) is 11.8 Å². The van der Waals surface area contributed by atoms with Gasteiger partial charge in [-0.05, 0) is 63.3 Å². The van der Waals surface area contributed by atoms with Crippen molar-refractivity contribution in [3.63, 3.8) is 0 Å². The predicted molar refractivity (Wildman–Crippen MR) is 148 cm³/mol.